The molecule has 2 aliphatic carbocycles. The van der Waals surface area contributed by atoms with Gasteiger partial charge >= 0.3 is 0 Å². The van der Waals surface area contributed by atoms with Crippen LogP contribution in [-0.4, -0.2) is 23.9 Å². The second-order valence-electron chi connectivity index (χ2n) is 9.05. The van der Waals surface area contributed by atoms with Gasteiger partial charge in [-0.05, 0) is 42.4 Å². The van der Waals surface area contributed by atoms with Gasteiger partial charge in [-0.1, -0.05) is 127 Å². The van der Waals surface area contributed by atoms with Gasteiger partial charge in [-0.3, -0.25) is 0 Å². The van der Waals surface area contributed by atoms with E-state index in [1.807, 2.05) is 27.7 Å². The molecular weight excluding hydrogens is 368 g/mol. The standard InChI is InChI=1S/C9H18.C7H16O.C7H14.2C2H6.CH4O/c1-7-4-5-8(2)9(3)6-7;1-3-4-5-7(2)6-8;1-7-5-3-2-4-6-7;3*1-2/h7-9H,4-6H2,1-3H3;7-8H,3-6H2,1-2H3;7H,2-6H2,1H3;2*1-2H3;2H,1H3. The van der Waals surface area contributed by atoms with Crippen molar-refractivity contribution in [3.8, 4) is 0 Å². The third-order valence-corrected chi connectivity index (χ3v) is 6.12. The monoisotopic (exact) mass is 432 g/mol. The summed E-state index contributed by atoms with van der Waals surface area (Å²) in [6.45, 7) is 22.1. The smallest absolute Gasteiger partial charge is 0.0456 e. The maximum atomic E-state index is 8.56. The SMILES string of the molecule is CC.CC.CC1CCC(C)C(C)C1.CC1CCCCC1.CCCCC(C)CO.CO. The number of rotatable bonds is 4. The van der Waals surface area contributed by atoms with Crippen molar-refractivity contribution in [3.05, 3.63) is 0 Å². The normalized spacial score (nSPS) is 23.7. The lowest BCUT2D eigenvalue weighted by atomic mass is 9.77. The van der Waals surface area contributed by atoms with Crippen molar-refractivity contribution in [2.75, 3.05) is 13.7 Å². The molecule has 2 N–H and O–H groups in total. The maximum Gasteiger partial charge on any atom is 0.0456 e. The molecule has 0 aliphatic heterocycles. The van der Waals surface area contributed by atoms with E-state index >= 15 is 0 Å². The van der Waals surface area contributed by atoms with Gasteiger partial charge in [0, 0.05) is 13.7 Å². The van der Waals surface area contributed by atoms with E-state index in [1.54, 1.807) is 0 Å². The first kappa shape index (κ1) is 37.2. The summed E-state index contributed by atoms with van der Waals surface area (Å²) in [7, 11) is 1.00. The molecule has 0 heterocycles. The Balaban J connectivity index is -0.000000151. The Bertz CT molecular complexity index is 261. The Morgan fingerprint density at radius 2 is 1.23 bits per heavy atom. The molecule has 4 unspecified atom stereocenters. The fraction of sp³-hybridized carbons (Fsp3) is 1.00. The lowest BCUT2D eigenvalue weighted by Crippen LogP contribution is -2.18. The van der Waals surface area contributed by atoms with E-state index in [2.05, 4.69) is 41.5 Å². The van der Waals surface area contributed by atoms with Crippen LogP contribution in [0.4, 0.5) is 0 Å². The van der Waals surface area contributed by atoms with Gasteiger partial charge in [-0.2, -0.15) is 0 Å². The van der Waals surface area contributed by atoms with Crippen LogP contribution in [-0.2, 0) is 0 Å². The van der Waals surface area contributed by atoms with Crippen molar-refractivity contribution in [2.24, 2.45) is 29.6 Å². The number of aliphatic hydroxyl groups is 2. The molecule has 4 atom stereocenters. The van der Waals surface area contributed by atoms with E-state index in [4.69, 9.17) is 10.2 Å². The zero-order valence-electron chi connectivity index (χ0n) is 23.3. The summed E-state index contributed by atoms with van der Waals surface area (Å²) in [5.41, 5.74) is 0. The van der Waals surface area contributed by atoms with Crippen LogP contribution >= 0.6 is 0 Å². The van der Waals surface area contributed by atoms with Crippen molar-refractivity contribution >= 4 is 0 Å². The number of hydrogen-bond acceptors (Lipinski definition) is 2. The fourth-order valence-corrected chi connectivity index (χ4v) is 3.77. The molecule has 0 spiro atoms. The molecule has 30 heavy (non-hydrogen) atoms. The van der Waals surface area contributed by atoms with E-state index in [9.17, 15) is 0 Å². The van der Waals surface area contributed by atoms with Crippen LogP contribution in [0.25, 0.3) is 0 Å². The highest BCUT2D eigenvalue weighted by molar-refractivity contribution is 4.72. The summed E-state index contributed by atoms with van der Waals surface area (Å²) in [6, 6.07) is 0. The summed E-state index contributed by atoms with van der Waals surface area (Å²) < 4.78 is 0. The molecule has 0 amide bonds. The predicted molar refractivity (Wildman–Crippen MR) is 140 cm³/mol. The van der Waals surface area contributed by atoms with E-state index in [1.165, 1.54) is 70.6 Å². The van der Waals surface area contributed by atoms with Crippen LogP contribution in [0.15, 0.2) is 0 Å². The second-order valence-corrected chi connectivity index (χ2v) is 9.05. The Labute approximate surface area is 193 Å². The van der Waals surface area contributed by atoms with Gasteiger partial charge in [-0.15, -0.1) is 0 Å². The number of aliphatic hydroxyl groups excluding tert-OH is 2. The minimum Gasteiger partial charge on any atom is -0.400 e. The average molecular weight is 433 g/mol. The lowest BCUT2D eigenvalue weighted by molar-refractivity contribution is 0.220. The zero-order chi connectivity index (χ0) is 24.4. The third-order valence-electron chi connectivity index (χ3n) is 6.12. The average Bonchev–Trinajstić information content (AvgIpc) is 2.80. The Morgan fingerprint density at radius 3 is 1.53 bits per heavy atom. The van der Waals surface area contributed by atoms with Gasteiger partial charge in [0.05, 0.1) is 0 Å². The molecule has 188 valence electrons. The molecule has 0 bridgehead atoms. The third kappa shape index (κ3) is 27.9. The van der Waals surface area contributed by atoms with Crippen LogP contribution in [0.5, 0.6) is 0 Å². The van der Waals surface area contributed by atoms with Crippen molar-refractivity contribution in [1.29, 1.82) is 0 Å². The number of unbranched alkanes of at least 4 members (excludes halogenated alkanes) is 1. The molecular formula is C28H64O2. The highest BCUT2D eigenvalue weighted by Crippen LogP contribution is 2.32. The Kier molecular flexibility index (Phi) is 38.6. The van der Waals surface area contributed by atoms with Crippen LogP contribution in [0.3, 0.4) is 0 Å². The summed E-state index contributed by atoms with van der Waals surface area (Å²) in [4.78, 5) is 0. The summed E-state index contributed by atoms with van der Waals surface area (Å²) >= 11 is 0. The fourth-order valence-electron chi connectivity index (χ4n) is 3.77. The second kappa shape index (κ2) is 31.1. The highest BCUT2D eigenvalue weighted by Gasteiger charge is 2.20. The van der Waals surface area contributed by atoms with Crippen molar-refractivity contribution in [1.82, 2.24) is 0 Å². The molecule has 2 heteroatoms. The molecule has 0 aromatic carbocycles. The quantitative estimate of drug-likeness (QED) is 0.465. The van der Waals surface area contributed by atoms with Crippen LogP contribution in [0, 0.1) is 29.6 Å². The molecule has 0 radical (unpaired) electrons. The first-order valence-corrected chi connectivity index (χ1v) is 13.5. The van der Waals surface area contributed by atoms with Crippen LogP contribution in [0.1, 0.15) is 140 Å². The highest BCUT2D eigenvalue weighted by atomic mass is 16.3. The van der Waals surface area contributed by atoms with Gasteiger partial charge in [0.15, 0.2) is 0 Å². The molecule has 0 aromatic rings. The minimum absolute atomic E-state index is 0.347. The summed E-state index contributed by atoms with van der Waals surface area (Å²) in [5, 5.41) is 15.6. The first-order chi connectivity index (χ1) is 14.4. The Morgan fingerprint density at radius 1 is 0.733 bits per heavy atom. The van der Waals surface area contributed by atoms with Gasteiger partial charge in [0.1, 0.15) is 0 Å². The Hall–Kier alpha value is -0.0800. The van der Waals surface area contributed by atoms with E-state index in [-0.39, 0.29) is 0 Å². The van der Waals surface area contributed by atoms with Gasteiger partial charge in [0.2, 0.25) is 0 Å². The van der Waals surface area contributed by atoms with E-state index in [0.717, 1.165) is 30.8 Å². The molecule has 2 saturated carbocycles. The maximum absolute atomic E-state index is 8.56. The zero-order valence-corrected chi connectivity index (χ0v) is 23.3. The van der Waals surface area contributed by atoms with Gasteiger partial charge in [-0.25, -0.2) is 0 Å². The summed E-state index contributed by atoms with van der Waals surface area (Å²) in [6.07, 6.45) is 15.5. The van der Waals surface area contributed by atoms with Crippen LogP contribution in [0.2, 0.25) is 0 Å². The van der Waals surface area contributed by atoms with Crippen LogP contribution < -0.4 is 0 Å². The molecule has 2 fully saturated rings. The molecule has 0 aromatic heterocycles. The lowest BCUT2D eigenvalue weighted by Gasteiger charge is -2.29. The molecule has 2 aliphatic rings. The predicted octanol–water partition coefficient (Wildman–Crippen LogP) is 9.13. The topological polar surface area (TPSA) is 40.5 Å². The number of hydrogen-bond donors (Lipinski definition) is 2. The summed E-state index contributed by atoms with van der Waals surface area (Å²) in [5.74, 6) is 4.51. The van der Waals surface area contributed by atoms with E-state index in [0.29, 0.717) is 12.5 Å². The largest absolute Gasteiger partial charge is 0.400 e. The molecule has 2 nitrogen and oxygen atoms in total. The molecule has 2 rings (SSSR count). The first-order valence-electron chi connectivity index (χ1n) is 13.5. The van der Waals surface area contributed by atoms with Crippen molar-refractivity contribution in [2.45, 2.75) is 140 Å². The van der Waals surface area contributed by atoms with Crippen molar-refractivity contribution < 1.29 is 10.2 Å². The van der Waals surface area contributed by atoms with Gasteiger partial charge in [0.25, 0.3) is 0 Å². The minimum atomic E-state index is 0.347. The van der Waals surface area contributed by atoms with Gasteiger partial charge < -0.3 is 10.2 Å². The molecule has 0 saturated heterocycles. The van der Waals surface area contributed by atoms with Crippen molar-refractivity contribution in [3.63, 3.8) is 0 Å². The van der Waals surface area contributed by atoms with E-state index < -0.39 is 0 Å².